The zero-order chi connectivity index (χ0) is 20.6. The topological polar surface area (TPSA) is 101 Å². The zero-order valence-electron chi connectivity index (χ0n) is 17.3. The lowest BCUT2D eigenvalue weighted by molar-refractivity contribution is -0.147. The summed E-state index contributed by atoms with van der Waals surface area (Å²) in [5.41, 5.74) is 1.65. The van der Waals surface area contributed by atoms with Gasteiger partial charge in [-0.1, -0.05) is 12.1 Å². The number of anilines is 1. The minimum atomic E-state index is -0.0925. The summed E-state index contributed by atoms with van der Waals surface area (Å²) in [6.45, 7) is 2.51. The van der Waals surface area contributed by atoms with Gasteiger partial charge in [-0.05, 0) is 31.4 Å². The largest absolute Gasteiger partial charge is 0.368 e. The van der Waals surface area contributed by atoms with Crippen molar-refractivity contribution in [2.75, 3.05) is 38.1 Å². The minimum Gasteiger partial charge on any atom is -0.368 e. The van der Waals surface area contributed by atoms with Crippen LogP contribution in [0.25, 0.3) is 0 Å². The van der Waals surface area contributed by atoms with Gasteiger partial charge in [0, 0.05) is 52.1 Å². The van der Waals surface area contributed by atoms with Crippen LogP contribution in [0, 0.1) is 11.3 Å². The van der Waals surface area contributed by atoms with Crippen LogP contribution in [0.4, 0.5) is 5.69 Å². The molecule has 0 radical (unpaired) electrons. The van der Waals surface area contributed by atoms with Crippen LogP contribution in [0.15, 0.2) is 29.3 Å². The van der Waals surface area contributed by atoms with E-state index in [0.717, 1.165) is 31.6 Å². The maximum absolute atomic E-state index is 11.9. The molecule has 0 aliphatic carbocycles. The summed E-state index contributed by atoms with van der Waals surface area (Å²) in [6, 6.07) is 10.1. The number of nitriles is 1. The van der Waals surface area contributed by atoms with Crippen molar-refractivity contribution in [3.05, 3.63) is 29.8 Å². The Balaban J connectivity index is 0.00000320. The Kier molecular flexibility index (Phi) is 9.36. The Morgan fingerprint density at radius 3 is 2.67 bits per heavy atom. The Bertz CT molecular complexity index is 806. The predicted molar refractivity (Wildman–Crippen MR) is 127 cm³/mol. The van der Waals surface area contributed by atoms with Crippen molar-refractivity contribution in [3.63, 3.8) is 0 Å². The molecule has 2 fully saturated rings. The molecule has 1 unspecified atom stereocenters. The minimum absolute atomic E-state index is 0. The standard InChI is InChI=1S/C21H28N6O2.HI/c1-23-21(24-11-13-27-19(28)9-4-10-20(27)29)25-17-7-5-12-26(15-17)18-8-3-2-6-16(18)14-22;/h2-3,6,8,17H,4-5,7,9-13,15H2,1H3,(H2,23,24,25);1H. The smallest absolute Gasteiger partial charge is 0.229 e. The molecule has 2 amide bonds. The number of halogens is 1. The summed E-state index contributed by atoms with van der Waals surface area (Å²) in [6.07, 6.45) is 3.57. The fourth-order valence-corrected chi connectivity index (χ4v) is 3.88. The van der Waals surface area contributed by atoms with Crippen LogP contribution in [0.5, 0.6) is 0 Å². The number of nitrogens with one attached hydrogen (secondary N) is 2. The monoisotopic (exact) mass is 524 g/mol. The van der Waals surface area contributed by atoms with Gasteiger partial charge in [0.25, 0.3) is 0 Å². The van der Waals surface area contributed by atoms with Gasteiger partial charge in [0.05, 0.1) is 11.3 Å². The Hall–Kier alpha value is -2.35. The van der Waals surface area contributed by atoms with E-state index in [2.05, 4.69) is 26.6 Å². The summed E-state index contributed by atoms with van der Waals surface area (Å²) < 4.78 is 0. The number of imide groups is 1. The Morgan fingerprint density at radius 2 is 1.97 bits per heavy atom. The van der Waals surface area contributed by atoms with E-state index in [1.54, 1.807) is 7.05 Å². The summed E-state index contributed by atoms with van der Waals surface area (Å²) in [4.78, 5) is 31.6. The number of guanidine groups is 1. The van der Waals surface area contributed by atoms with E-state index in [9.17, 15) is 14.9 Å². The maximum atomic E-state index is 11.9. The number of hydrogen-bond acceptors (Lipinski definition) is 5. The lowest BCUT2D eigenvalue weighted by Crippen LogP contribution is -2.52. The molecule has 1 aromatic rings. The van der Waals surface area contributed by atoms with Crippen molar-refractivity contribution in [1.82, 2.24) is 15.5 Å². The zero-order valence-corrected chi connectivity index (χ0v) is 19.6. The van der Waals surface area contributed by atoms with Crippen LogP contribution in [-0.4, -0.2) is 61.9 Å². The third kappa shape index (κ3) is 6.08. The number of hydrogen-bond donors (Lipinski definition) is 2. The van der Waals surface area contributed by atoms with E-state index in [0.29, 0.717) is 43.9 Å². The van der Waals surface area contributed by atoms with Gasteiger partial charge in [0.1, 0.15) is 6.07 Å². The van der Waals surface area contributed by atoms with Crippen LogP contribution in [-0.2, 0) is 9.59 Å². The first-order valence-electron chi connectivity index (χ1n) is 10.2. The molecular weight excluding hydrogens is 495 g/mol. The molecular formula is C21H29IN6O2. The van der Waals surface area contributed by atoms with Crippen molar-refractivity contribution < 1.29 is 9.59 Å². The molecule has 0 bridgehead atoms. The fourth-order valence-electron chi connectivity index (χ4n) is 3.88. The van der Waals surface area contributed by atoms with Gasteiger partial charge in [-0.15, -0.1) is 24.0 Å². The molecule has 1 aromatic carbocycles. The van der Waals surface area contributed by atoms with Gasteiger partial charge < -0.3 is 15.5 Å². The van der Waals surface area contributed by atoms with E-state index in [4.69, 9.17) is 0 Å². The molecule has 0 aromatic heterocycles. The Morgan fingerprint density at radius 1 is 1.23 bits per heavy atom. The number of piperidine rings is 2. The first-order chi connectivity index (χ1) is 14.1. The highest BCUT2D eigenvalue weighted by Crippen LogP contribution is 2.23. The Labute approximate surface area is 194 Å². The fraction of sp³-hybridized carbons (Fsp3) is 0.524. The number of para-hydroxylation sites is 1. The van der Waals surface area contributed by atoms with Gasteiger partial charge in [-0.25, -0.2) is 0 Å². The SMILES string of the molecule is CN=C(NCCN1C(=O)CCCC1=O)NC1CCCN(c2ccccc2C#N)C1.I. The van der Waals surface area contributed by atoms with Gasteiger partial charge in [0.2, 0.25) is 11.8 Å². The van der Waals surface area contributed by atoms with E-state index in [1.807, 2.05) is 24.3 Å². The van der Waals surface area contributed by atoms with Gasteiger partial charge >= 0.3 is 0 Å². The molecule has 0 spiro atoms. The molecule has 30 heavy (non-hydrogen) atoms. The molecule has 1 atom stereocenters. The predicted octanol–water partition coefficient (Wildman–Crippen LogP) is 1.85. The number of likely N-dealkylation sites (tertiary alicyclic amines) is 1. The maximum Gasteiger partial charge on any atom is 0.229 e. The summed E-state index contributed by atoms with van der Waals surface area (Å²) >= 11 is 0. The second-order valence-electron chi connectivity index (χ2n) is 7.35. The highest BCUT2D eigenvalue weighted by atomic mass is 127. The highest BCUT2D eigenvalue weighted by Gasteiger charge is 2.26. The van der Waals surface area contributed by atoms with Crippen LogP contribution in [0.2, 0.25) is 0 Å². The van der Waals surface area contributed by atoms with Crippen LogP contribution in [0.1, 0.15) is 37.7 Å². The van der Waals surface area contributed by atoms with Crippen LogP contribution >= 0.6 is 24.0 Å². The number of rotatable bonds is 5. The van der Waals surface area contributed by atoms with E-state index >= 15 is 0 Å². The van der Waals surface area contributed by atoms with E-state index < -0.39 is 0 Å². The summed E-state index contributed by atoms with van der Waals surface area (Å²) in [7, 11) is 1.71. The molecule has 2 saturated heterocycles. The number of nitrogens with zero attached hydrogens (tertiary/aromatic N) is 4. The number of carbonyl (C=O) groups excluding carboxylic acids is 2. The highest BCUT2D eigenvalue weighted by molar-refractivity contribution is 14.0. The molecule has 0 saturated carbocycles. The average molecular weight is 524 g/mol. The number of carbonyl (C=O) groups is 2. The molecule has 2 aliphatic heterocycles. The number of aliphatic imine (C=N–C) groups is 1. The number of amides is 2. The van der Waals surface area contributed by atoms with Gasteiger partial charge in [0.15, 0.2) is 5.96 Å². The van der Waals surface area contributed by atoms with Crippen molar-refractivity contribution >= 4 is 47.4 Å². The first-order valence-corrected chi connectivity index (χ1v) is 10.2. The normalized spacial score (nSPS) is 19.7. The van der Waals surface area contributed by atoms with Crippen molar-refractivity contribution in [1.29, 1.82) is 5.26 Å². The second-order valence-corrected chi connectivity index (χ2v) is 7.35. The van der Waals surface area contributed by atoms with E-state index in [1.165, 1.54) is 4.90 Å². The molecule has 162 valence electrons. The molecule has 2 heterocycles. The van der Waals surface area contributed by atoms with Crippen LogP contribution in [0.3, 0.4) is 0 Å². The van der Waals surface area contributed by atoms with Crippen molar-refractivity contribution in [2.24, 2.45) is 4.99 Å². The van der Waals surface area contributed by atoms with Crippen molar-refractivity contribution in [3.8, 4) is 6.07 Å². The molecule has 8 nitrogen and oxygen atoms in total. The average Bonchev–Trinajstić information content (AvgIpc) is 2.75. The quantitative estimate of drug-likeness (QED) is 0.264. The summed E-state index contributed by atoms with van der Waals surface area (Å²) in [5.74, 6) is 0.470. The third-order valence-corrected chi connectivity index (χ3v) is 5.36. The molecule has 2 N–H and O–H groups in total. The molecule has 9 heteroatoms. The van der Waals surface area contributed by atoms with E-state index in [-0.39, 0.29) is 41.8 Å². The lowest BCUT2D eigenvalue weighted by Gasteiger charge is -2.36. The first kappa shape index (κ1) is 23.9. The molecule has 3 rings (SSSR count). The lowest BCUT2D eigenvalue weighted by atomic mass is 10.0. The van der Waals surface area contributed by atoms with Crippen LogP contribution < -0.4 is 15.5 Å². The second kappa shape index (κ2) is 11.7. The van der Waals surface area contributed by atoms with Gasteiger partial charge in [-0.2, -0.15) is 5.26 Å². The number of benzene rings is 1. The van der Waals surface area contributed by atoms with Crippen molar-refractivity contribution in [2.45, 2.75) is 38.1 Å². The summed E-state index contributed by atoms with van der Waals surface area (Å²) in [5, 5.41) is 16.0. The molecule has 2 aliphatic rings. The third-order valence-electron chi connectivity index (χ3n) is 5.36. The van der Waals surface area contributed by atoms with Gasteiger partial charge in [-0.3, -0.25) is 19.5 Å².